The van der Waals surface area contributed by atoms with Crippen LogP contribution >= 0.6 is 11.6 Å². The van der Waals surface area contributed by atoms with Gasteiger partial charge in [-0.15, -0.1) is 0 Å². The van der Waals surface area contributed by atoms with Gasteiger partial charge in [-0.3, -0.25) is 4.79 Å². The van der Waals surface area contributed by atoms with E-state index in [-0.39, 0.29) is 22.7 Å². The van der Waals surface area contributed by atoms with Crippen molar-refractivity contribution in [2.75, 3.05) is 32.6 Å². The number of anilines is 2. The Morgan fingerprint density at radius 2 is 1.97 bits per heavy atom. The first kappa shape index (κ1) is 23.2. The minimum atomic E-state index is -0.605. The fourth-order valence-electron chi connectivity index (χ4n) is 3.33. The number of aromatic nitrogens is 2. The summed E-state index contributed by atoms with van der Waals surface area (Å²) in [6, 6.07) is 8.01. The number of esters is 1. The molecule has 1 amide bonds. The molecule has 1 aromatic heterocycles. The largest absolute Gasteiger partial charge is 0.493 e. The molecule has 0 aliphatic carbocycles. The van der Waals surface area contributed by atoms with E-state index in [2.05, 4.69) is 20.0 Å². The average molecular weight is 487 g/mol. The molecule has 11 heteroatoms. The van der Waals surface area contributed by atoms with Crippen LogP contribution in [0.1, 0.15) is 0 Å². The van der Waals surface area contributed by atoms with Gasteiger partial charge in [-0.25, -0.2) is 19.2 Å². The number of amides is 1. The molecule has 0 spiro atoms. The second-order valence-corrected chi connectivity index (χ2v) is 7.72. The Morgan fingerprint density at radius 1 is 1.18 bits per heavy atom. The van der Waals surface area contributed by atoms with Crippen molar-refractivity contribution in [2.24, 2.45) is 0 Å². The van der Waals surface area contributed by atoms with E-state index in [1.165, 1.54) is 31.5 Å². The Kier molecular flexibility index (Phi) is 6.78. The van der Waals surface area contributed by atoms with E-state index in [1.807, 2.05) is 0 Å². The van der Waals surface area contributed by atoms with Crippen molar-refractivity contribution in [3.05, 3.63) is 59.7 Å². The van der Waals surface area contributed by atoms with Crippen LogP contribution in [0, 0.1) is 5.82 Å². The molecule has 0 unspecified atom stereocenters. The molecule has 176 valence electrons. The molecular weight excluding hydrogens is 467 g/mol. The molecule has 1 aliphatic heterocycles. The Labute approximate surface area is 199 Å². The summed E-state index contributed by atoms with van der Waals surface area (Å²) in [5.41, 5.74) is 0.724. The lowest BCUT2D eigenvalue weighted by molar-refractivity contribution is -0.137. The van der Waals surface area contributed by atoms with Crippen molar-refractivity contribution >= 4 is 45.9 Å². The number of nitrogens with one attached hydrogen (secondary N) is 1. The van der Waals surface area contributed by atoms with E-state index in [9.17, 15) is 14.0 Å². The molecule has 0 radical (unpaired) electrons. The van der Waals surface area contributed by atoms with Crippen molar-refractivity contribution in [3.63, 3.8) is 0 Å². The van der Waals surface area contributed by atoms with Gasteiger partial charge in [-0.2, -0.15) is 0 Å². The number of methoxy groups -OCH3 is 2. The molecule has 9 nitrogen and oxygen atoms in total. The van der Waals surface area contributed by atoms with Gasteiger partial charge >= 0.3 is 5.97 Å². The zero-order valence-corrected chi connectivity index (χ0v) is 19.0. The van der Waals surface area contributed by atoms with Crippen LogP contribution in [0.25, 0.3) is 10.9 Å². The maximum atomic E-state index is 14.4. The SMILES string of the molecule is COC(=O)/C=C\C(=O)N1CC(Oc2cc3c(Nc4cccc(Cl)c4F)ncnc3cc2OC)C1. The molecular formula is C23H20ClFN4O5. The summed E-state index contributed by atoms with van der Waals surface area (Å²) in [6.45, 7) is 0.658. The predicted octanol–water partition coefficient (Wildman–Crippen LogP) is 3.49. The van der Waals surface area contributed by atoms with Gasteiger partial charge in [-0.05, 0) is 18.2 Å². The average Bonchev–Trinajstić information content (AvgIpc) is 2.81. The summed E-state index contributed by atoms with van der Waals surface area (Å²) >= 11 is 5.88. The van der Waals surface area contributed by atoms with Gasteiger partial charge in [0.1, 0.15) is 18.2 Å². The fourth-order valence-corrected chi connectivity index (χ4v) is 3.50. The molecule has 34 heavy (non-hydrogen) atoms. The smallest absolute Gasteiger partial charge is 0.330 e. The van der Waals surface area contributed by atoms with Crippen LogP contribution in [0.2, 0.25) is 5.02 Å². The van der Waals surface area contributed by atoms with Gasteiger partial charge in [-0.1, -0.05) is 17.7 Å². The normalized spacial score (nSPS) is 13.6. The Bertz CT molecular complexity index is 1280. The van der Waals surface area contributed by atoms with Crippen LogP contribution in [0.15, 0.2) is 48.8 Å². The first-order chi connectivity index (χ1) is 16.4. The highest BCUT2D eigenvalue weighted by Crippen LogP contribution is 2.36. The third-order valence-corrected chi connectivity index (χ3v) is 5.43. The van der Waals surface area contributed by atoms with Crippen molar-refractivity contribution in [3.8, 4) is 11.5 Å². The van der Waals surface area contributed by atoms with Gasteiger partial charge in [0.2, 0.25) is 5.91 Å². The predicted molar refractivity (Wildman–Crippen MR) is 123 cm³/mol. The van der Waals surface area contributed by atoms with E-state index in [1.54, 1.807) is 24.3 Å². The van der Waals surface area contributed by atoms with E-state index in [4.69, 9.17) is 21.1 Å². The van der Waals surface area contributed by atoms with Crippen molar-refractivity contribution in [1.29, 1.82) is 0 Å². The van der Waals surface area contributed by atoms with E-state index < -0.39 is 11.8 Å². The standard InChI is InChI=1S/C23H20ClFN4O5/c1-32-18-9-17-14(23(27-12-26-17)28-16-5-3-4-15(24)22(16)25)8-19(18)34-13-10-29(11-13)20(30)6-7-21(31)33-2/h3-9,12-13H,10-11H2,1-2H3,(H,26,27,28)/b7-6-. The monoisotopic (exact) mass is 486 g/mol. The van der Waals surface area contributed by atoms with Crippen LogP contribution in [-0.4, -0.2) is 60.2 Å². The number of carbonyl (C=O) groups is 2. The molecule has 4 rings (SSSR count). The third kappa shape index (κ3) is 4.86. The molecule has 1 N–H and O–H groups in total. The molecule has 3 aromatic rings. The van der Waals surface area contributed by atoms with Gasteiger partial charge in [0, 0.05) is 23.6 Å². The Hall–Kier alpha value is -3.92. The highest BCUT2D eigenvalue weighted by molar-refractivity contribution is 6.31. The zero-order chi connectivity index (χ0) is 24.2. The van der Waals surface area contributed by atoms with Crippen LogP contribution in [0.4, 0.5) is 15.9 Å². The fraction of sp³-hybridized carbons (Fsp3) is 0.217. The Morgan fingerprint density at radius 3 is 2.71 bits per heavy atom. The van der Waals surface area contributed by atoms with Crippen molar-refractivity contribution in [2.45, 2.75) is 6.10 Å². The Balaban J connectivity index is 1.54. The summed E-state index contributed by atoms with van der Waals surface area (Å²) in [6.07, 6.45) is 3.29. The number of hydrogen-bond acceptors (Lipinski definition) is 8. The number of nitrogens with zero attached hydrogens (tertiary/aromatic N) is 3. The number of likely N-dealkylation sites (tertiary alicyclic amines) is 1. The van der Waals surface area contributed by atoms with Crippen LogP contribution in [0.3, 0.4) is 0 Å². The van der Waals surface area contributed by atoms with Crippen LogP contribution < -0.4 is 14.8 Å². The van der Waals surface area contributed by atoms with Gasteiger partial charge < -0.3 is 24.4 Å². The molecule has 1 aliphatic rings. The van der Waals surface area contributed by atoms with Crippen LogP contribution in [-0.2, 0) is 14.3 Å². The molecule has 2 aromatic carbocycles. The molecule has 2 heterocycles. The molecule has 0 saturated carbocycles. The minimum absolute atomic E-state index is 0.0143. The number of fused-ring (bicyclic) bond motifs is 1. The summed E-state index contributed by atoms with van der Waals surface area (Å²) in [4.78, 5) is 33.3. The summed E-state index contributed by atoms with van der Waals surface area (Å²) in [5, 5.41) is 3.51. The second kappa shape index (κ2) is 9.92. The van der Waals surface area contributed by atoms with Crippen LogP contribution in [0.5, 0.6) is 11.5 Å². The van der Waals surface area contributed by atoms with Crippen molar-refractivity contribution < 1.29 is 28.2 Å². The quantitative estimate of drug-likeness (QED) is 0.400. The first-order valence-corrected chi connectivity index (χ1v) is 10.5. The van der Waals surface area contributed by atoms with E-state index in [0.29, 0.717) is 41.3 Å². The van der Waals surface area contributed by atoms with Gasteiger partial charge in [0.05, 0.1) is 43.5 Å². The summed E-state index contributed by atoms with van der Waals surface area (Å²) < 4.78 is 30.3. The third-order valence-electron chi connectivity index (χ3n) is 5.14. The number of benzene rings is 2. The highest BCUT2D eigenvalue weighted by Gasteiger charge is 2.32. The number of hydrogen-bond donors (Lipinski definition) is 1. The number of ether oxygens (including phenoxy) is 3. The summed E-state index contributed by atoms with van der Waals surface area (Å²) in [5.74, 6) is -0.299. The summed E-state index contributed by atoms with van der Waals surface area (Å²) in [7, 11) is 2.74. The molecule has 0 bridgehead atoms. The topological polar surface area (TPSA) is 103 Å². The van der Waals surface area contributed by atoms with E-state index >= 15 is 0 Å². The maximum Gasteiger partial charge on any atom is 0.330 e. The lowest BCUT2D eigenvalue weighted by atomic mass is 10.1. The molecule has 1 fully saturated rings. The van der Waals surface area contributed by atoms with Gasteiger partial charge in [0.15, 0.2) is 17.3 Å². The number of halogens is 2. The van der Waals surface area contributed by atoms with E-state index in [0.717, 1.165) is 12.2 Å². The zero-order valence-electron chi connectivity index (χ0n) is 18.2. The second-order valence-electron chi connectivity index (χ2n) is 7.31. The first-order valence-electron chi connectivity index (χ1n) is 10.1. The number of carbonyl (C=O) groups excluding carboxylic acids is 2. The number of rotatable bonds is 7. The lowest BCUT2D eigenvalue weighted by Crippen LogP contribution is -2.55. The molecule has 0 atom stereocenters. The molecule has 1 saturated heterocycles. The van der Waals surface area contributed by atoms with Crippen molar-refractivity contribution in [1.82, 2.24) is 14.9 Å². The highest BCUT2D eigenvalue weighted by atomic mass is 35.5. The minimum Gasteiger partial charge on any atom is -0.493 e. The van der Waals surface area contributed by atoms with Gasteiger partial charge in [0.25, 0.3) is 0 Å². The lowest BCUT2D eigenvalue weighted by Gasteiger charge is -2.38. The maximum absolute atomic E-state index is 14.4.